The lowest BCUT2D eigenvalue weighted by molar-refractivity contribution is -0.108. The Labute approximate surface area is 173 Å². The quantitative estimate of drug-likeness (QED) is 0.347. The maximum absolute atomic E-state index is 11.2. The van der Waals surface area contributed by atoms with Gasteiger partial charge in [-0.3, -0.25) is 0 Å². The zero-order chi connectivity index (χ0) is 19.6. The molecule has 29 heavy (non-hydrogen) atoms. The van der Waals surface area contributed by atoms with E-state index < -0.39 is 0 Å². The molecule has 1 aliphatic heterocycles. The van der Waals surface area contributed by atoms with Gasteiger partial charge >= 0.3 is 0 Å². The first-order valence-corrected chi connectivity index (χ1v) is 10.3. The lowest BCUT2D eigenvalue weighted by atomic mass is 10.0. The van der Waals surface area contributed by atoms with Crippen molar-refractivity contribution in [3.63, 3.8) is 0 Å². The Morgan fingerprint density at radius 2 is 1.62 bits per heavy atom. The highest BCUT2D eigenvalue weighted by Crippen LogP contribution is 2.36. The van der Waals surface area contributed by atoms with E-state index in [0.29, 0.717) is 6.54 Å². The third-order valence-corrected chi connectivity index (χ3v) is 6.01. The predicted octanol–water partition coefficient (Wildman–Crippen LogP) is 5.12. The first-order valence-electron chi connectivity index (χ1n) is 9.53. The molecule has 0 saturated heterocycles. The molecular formula is C24H19N3OS. The number of hydrogen-bond acceptors (Lipinski definition) is 4. The van der Waals surface area contributed by atoms with E-state index in [9.17, 15) is 4.79 Å². The summed E-state index contributed by atoms with van der Waals surface area (Å²) in [5.74, 6) is 0. The molecule has 0 radical (unpaired) electrons. The van der Waals surface area contributed by atoms with E-state index in [4.69, 9.17) is 5.10 Å². The molecule has 4 nitrogen and oxygen atoms in total. The monoisotopic (exact) mass is 397 g/mol. The number of nitrogens with zero attached hydrogens (tertiary/aromatic N) is 3. The number of hydrogen-bond donors (Lipinski definition) is 0. The van der Waals surface area contributed by atoms with Crippen LogP contribution in [0.2, 0.25) is 0 Å². The van der Waals surface area contributed by atoms with Gasteiger partial charge in [0.05, 0.1) is 13.1 Å². The van der Waals surface area contributed by atoms with Crippen LogP contribution in [-0.2, 0) is 17.9 Å². The smallest absolute Gasteiger partial charge is 0.139 e. The zero-order valence-corrected chi connectivity index (χ0v) is 16.5. The van der Waals surface area contributed by atoms with Crippen LogP contribution < -0.4 is 0 Å². The summed E-state index contributed by atoms with van der Waals surface area (Å²) >= 11 is 1.66. The number of benzene rings is 3. The number of hydrazone groups is 1. The Bertz CT molecular complexity index is 1210. The molecular weight excluding hydrogens is 378 g/mol. The van der Waals surface area contributed by atoms with E-state index in [1.54, 1.807) is 11.9 Å². The fourth-order valence-electron chi connectivity index (χ4n) is 3.71. The van der Waals surface area contributed by atoms with Crippen LogP contribution in [0.15, 0.2) is 95.1 Å². The van der Waals surface area contributed by atoms with Crippen molar-refractivity contribution < 1.29 is 4.79 Å². The maximum atomic E-state index is 11.2. The van der Waals surface area contributed by atoms with E-state index in [1.165, 1.54) is 10.5 Å². The van der Waals surface area contributed by atoms with Crippen LogP contribution in [0, 0.1) is 0 Å². The minimum Gasteiger partial charge on any atom is -0.340 e. The summed E-state index contributed by atoms with van der Waals surface area (Å²) in [5.41, 5.74) is 5.37. The van der Waals surface area contributed by atoms with Crippen LogP contribution in [0.5, 0.6) is 0 Å². The second-order valence-corrected chi connectivity index (χ2v) is 7.95. The van der Waals surface area contributed by atoms with Gasteiger partial charge in [-0.05, 0) is 17.7 Å². The van der Waals surface area contributed by atoms with Gasteiger partial charge in [0.15, 0.2) is 0 Å². The van der Waals surface area contributed by atoms with Gasteiger partial charge in [0.25, 0.3) is 0 Å². The molecule has 0 unspecified atom stereocenters. The molecule has 0 amide bonds. The van der Waals surface area contributed by atoms with E-state index >= 15 is 0 Å². The molecule has 0 atom stereocenters. The summed E-state index contributed by atoms with van der Waals surface area (Å²) in [5, 5.41) is 6.13. The van der Waals surface area contributed by atoms with Crippen LogP contribution in [0.4, 0.5) is 0 Å². The lowest BCUT2D eigenvalue weighted by Crippen LogP contribution is -2.19. The number of para-hydroxylation sites is 1. The van der Waals surface area contributed by atoms with E-state index in [1.807, 2.05) is 45.5 Å². The third kappa shape index (κ3) is 3.34. The highest BCUT2D eigenvalue weighted by molar-refractivity contribution is 7.97. The second kappa shape index (κ2) is 7.60. The van der Waals surface area contributed by atoms with Crippen molar-refractivity contribution in [3.05, 3.63) is 102 Å². The van der Waals surface area contributed by atoms with Crippen LogP contribution in [-0.4, -0.2) is 21.0 Å². The summed E-state index contributed by atoms with van der Waals surface area (Å²) in [4.78, 5) is 12.4. The van der Waals surface area contributed by atoms with Crippen molar-refractivity contribution in [1.29, 1.82) is 0 Å². The Morgan fingerprint density at radius 1 is 0.862 bits per heavy atom. The fourth-order valence-corrected chi connectivity index (χ4v) is 4.68. The van der Waals surface area contributed by atoms with Gasteiger partial charge < -0.3 is 9.36 Å². The molecule has 0 N–H and O–H groups in total. The molecule has 0 aliphatic carbocycles. The van der Waals surface area contributed by atoms with Crippen LogP contribution >= 0.6 is 11.9 Å². The van der Waals surface area contributed by atoms with Gasteiger partial charge in [0.1, 0.15) is 12.0 Å². The normalized spacial score (nSPS) is 13.2. The molecule has 1 aromatic heterocycles. The van der Waals surface area contributed by atoms with Gasteiger partial charge in [0.2, 0.25) is 0 Å². The number of aromatic nitrogens is 1. The molecule has 4 aromatic rings. The largest absolute Gasteiger partial charge is 0.340 e. The Balaban J connectivity index is 1.65. The molecule has 142 valence electrons. The topological polar surface area (TPSA) is 37.6 Å². The Kier molecular flexibility index (Phi) is 4.66. The van der Waals surface area contributed by atoms with E-state index in [-0.39, 0.29) is 0 Å². The standard InChI is InChI=1S/C24H19N3OS/c28-15-14-26-17-21(19-10-4-6-12-22(19)26)24-20-11-5-7-13-23(20)29-27(25-24)16-18-8-2-1-3-9-18/h1-13,15,17H,14,16H2. The first-order chi connectivity index (χ1) is 14.3. The van der Waals surface area contributed by atoms with E-state index in [2.05, 4.69) is 48.5 Å². The average molecular weight is 398 g/mol. The summed E-state index contributed by atoms with van der Waals surface area (Å²) in [6.07, 6.45) is 2.98. The summed E-state index contributed by atoms with van der Waals surface area (Å²) in [7, 11) is 0. The van der Waals surface area contributed by atoms with Crippen molar-refractivity contribution in [1.82, 2.24) is 8.98 Å². The van der Waals surface area contributed by atoms with Crippen LogP contribution in [0.25, 0.3) is 10.9 Å². The summed E-state index contributed by atoms with van der Waals surface area (Å²) < 4.78 is 4.03. The minimum atomic E-state index is 0.331. The third-order valence-electron chi connectivity index (χ3n) is 5.03. The van der Waals surface area contributed by atoms with E-state index in [0.717, 1.165) is 40.6 Å². The van der Waals surface area contributed by atoms with Crippen molar-refractivity contribution in [3.8, 4) is 0 Å². The predicted molar refractivity (Wildman–Crippen MR) is 118 cm³/mol. The first kappa shape index (κ1) is 17.8. The molecule has 0 spiro atoms. The highest BCUT2D eigenvalue weighted by atomic mass is 32.2. The zero-order valence-electron chi connectivity index (χ0n) is 15.7. The molecule has 0 fully saturated rings. The minimum absolute atomic E-state index is 0.331. The van der Waals surface area contributed by atoms with Gasteiger partial charge in [-0.25, -0.2) is 4.41 Å². The summed E-state index contributed by atoms with van der Waals surface area (Å²) in [6, 6.07) is 26.9. The average Bonchev–Trinajstić information content (AvgIpc) is 3.13. The van der Waals surface area contributed by atoms with Gasteiger partial charge in [-0.15, -0.1) is 0 Å². The number of carbonyl (C=O) groups is 1. The SMILES string of the molecule is O=CCn1cc(C2=NN(Cc3ccccc3)Sc3ccccc32)c2ccccc21. The molecule has 5 rings (SSSR count). The van der Waals surface area contributed by atoms with Gasteiger partial charge in [-0.1, -0.05) is 66.7 Å². The number of aldehydes is 1. The number of rotatable bonds is 5. The molecule has 0 saturated carbocycles. The number of fused-ring (bicyclic) bond motifs is 2. The Hall–Kier alpha value is -3.31. The van der Waals surface area contributed by atoms with Gasteiger partial charge in [0, 0.05) is 45.1 Å². The maximum Gasteiger partial charge on any atom is 0.139 e. The lowest BCUT2D eigenvalue weighted by Gasteiger charge is -2.26. The van der Waals surface area contributed by atoms with Crippen molar-refractivity contribution >= 4 is 34.8 Å². The van der Waals surface area contributed by atoms with Crippen molar-refractivity contribution in [2.45, 2.75) is 18.0 Å². The summed E-state index contributed by atoms with van der Waals surface area (Å²) in [6.45, 7) is 1.05. The molecule has 2 heterocycles. The fraction of sp³-hybridized carbons (Fsp3) is 0.0833. The second-order valence-electron chi connectivity index (χ2n) is 6.91. The van der Waals surface area contributed by atoms with Crippen LogP contribution in [0.1, 0.15) is 16.7 Å². The number of carbonyl (C=O) groups excluding carboxylic acids is 1. The van der Waals surface area contributed by atoms with Crippen LogP contribution in [0.3, 0.4) is 0 Å². The molecule has 3 aromatic carbocycles. The molecule has 1 aliphatic rings. The Morgan fingerprint density at radius 3 is 2.48 bits per heavy atom. The van der Waals surface area contributed by atoms with Gasteiger partial charge in [-0.2, -0.15) is 5.10 Å². The van der Waals surface area contributed by atoms with Crippen molar-refractivity contribution in [2.24, 2.45) is 5.10 Å². The van der Waals surface area contributed by atoms with Crippen molar-refractivity contribution in [2.75, 3.05) is 0 Å². The highest BCUT2D eigenvalue weighted by Gasteiger charge is 2.24. The molecule has 5 heteroatoms. The molecule has 0 bridgehead atoms.